The lowest BCUT2D eigenvalue weighted by Crippen LogP contribution is -2.02. The van der Waals surface area contributed by atoms with Crippen molar-refractivity contribution in [3.63, 3.8) is 0 Å². The van der Waals surface area contributed by atoms with Crippen LogP contribution in [0.15, 0.2) is 54.9 Å². The van der Waals surface area contributed by atoms with E-state index in [4.69, 9.17) is 4.74 Å². The van der Waals surface area contributed by atoms with E-state index in [1.807, 2.05) is 24.3 Å². The van der Waals surface area contributed by atoms with Gasteiger partial charge in [-0.2, -0.15) is 0 Å². The van der Waals surface area contributed by atoms with Crippen molar-refractivity contribution < 1.29 is 14.2 Å². The van der Waals surface area contributed by atoms with Crippen molar-refractivity contribution in [2.75, 3.05) is 7.11 Å². The molecule has 3 rings (SSSR count). The van der Waals surface area contributed by atoms with Gasteiger partial charge in [-0.3, -0.25) is 4.98 Å². The SMILES string of the molecule is COc1ccc(C(O)c2cccc3ccncc23)cc1F. The monoisotopic (exact) mass is 283 g/mol. The molecule has 1 N–H and O–H groups in total. The average molecular weight is 283 g/mol. The van der Waals surface area contributed by atoms with E-state index < -0.39 is 11.9 Å². The Labute approximate surface area is 121 Å². The summed E-state index contributed by atoms with van der Waals surface area (Å²) < 4.78 is 18.7. The maximum absolute atomic E-state index is 13.8. The zero-order chi connectivity index (χ0) is 14.8. The van der Waals surface area contributed by atoms with Gasteiger partial charge in [-0.25, -0.2) is 4.39 Å². The number of aromatic nitrogens is 1. The molecule has 0 aliphatic heterocycles. The van der Waals surface area contributed by atoms with Crippen LogP contribution in [0, 0.1) is 5.82 Å². The van der Waals surface area contributed by atoms with Gasteiger partial charge in [-0.1, -0.05) is 24.3 Å². The van der Waals surface area contributed by atoms with Crippen molar-refractivity contribution in [2.24, 2.45) is 0 Å². The van der Waals surface area contributed by atoms with E-state index in [0.717, 1.165) is 10.8 Å². The van der Waals surface area contributed by atoms with Gasteiger partial charge < -0.3 is 9.84 Å². The first-order chi connectivity index (χ1) is 10.2. The zero-order valence-electron chi connectivity index (χ0n) is 11.5. The molecule has 0 amide bonds. The van der Waals surface area contributed by atoms with Crippen LogP contribution in [-0.4, -0.2) is 17.2 Å². The highest BCUT2D eigenvalue weighted by atomic mass is 19.1. The summed E-state index contributed by atoms with van der Waals surface area (Å²) >= 11 is 0. The Kier molecular flexibility index (Phi) is 3.54. The number of rotatable bonds is 3. The summed E-state index contributed by atoms with van der Waals surface area (Å²) in [6, 6.07) is 12.0. The molecule has 1 heterocycles. The Morgan fingerprint density at radius 2 is 2.05 bits per heavy atom. The number of hydrogen-bond acceptors (Lipinski definition) is 3. The molecule has 0 aliphatic carbocycles. The van der Waals surface area contributed by atoms with Crippen LogP contribution in [-0.2, 0) is 0 Å². The lowest BCUT2D eigenvalue weighted by molar-refractivity contribution is 0.221. The van der Waals surface area contributed by atoms with E-state index >= 15 is 0 Å². The Morgan fingerprint density at radius 3 is 2.81 bits per heavy atom. The number of aliphatic hydroxyl groups excluding tert-OH is 1. The smallest absolute Gasteiger partial charge is 0.165 e. The molecule has 0 saturated carbocycles. The van der Waals surface area contributed by atoms with Gasteiger partial charge in [0, 0.05) is 17.8 Å². The van der Waals surface area contributed by atoms with Crippen LogP contribution in [0.1, 0.15) is 17.2 Å². The van der Waals surface area contributed by atoms with Crippen LogP contribution >= 0.6 is 0 Å². The maximum atomic E-state index is 13.8. The molecular weight excluding hydrogens is 269 g/mol. The van der Waals surface area contributed by atoms with Crippen LogP contribution in [0.25, 0.3) is 10.8 Å². The molecule has 0 radical (unpaired) electrons. The number of pyridine rings is 1. The molecule has 1 atom stereocenters. The molecular formula is C17H14FNO2. The van der Waals surface area contributed by atoms with Gasteiger partial charge in [-0.15, -0.1) is 0 Å². The van der Waals surface area contributed by atoms with Crippen molar-refractivity contribution in [3.8, 4) is 5.75 Å². The van der Waals surface area contributed by atoms with Crippen molar-refractivity contribution in [1.82, 2.24) is 4.98 Å². The number of ether oxygens (including phenoxy) is 1. The Hall–Kier alpha value is -2.46. The summed E-state index contributed by atoms with van der Waals surface area (Å²) in [5.74, 6) is -0.335. The Balaban J connectivity index is 2.08. The van der Waals surface area contributed by atoms with Gasteiger partial charge in [-0.05, 0) is 34.7 Å². The largest absolute Gasteiger partial charge is 0.494 e. The molecule has 3 nitrogen and oxygen atoms in total. The third-order valence-electron chi connectivity index (χ3n) is 3.50. The van der Waals surface area contributed by atoms with E-state index in [0.29, 0.717) is 11.1 Å². The number of methoxy groups -OCH3 is 1. The average Bonchev–Trinajstić information content (AvgIpc) is 2.53. The first-order valence-corrected chi connectivity index (χ1v) is 6.55. The molecule has 0 fully saturated rings. The summed E-state index contributed by atoms with van der Waals surface area (Å²) in [4.78, 5) is 4.09. The third-order valence-corrected chi connectivity index (χ3v) is 3.50. The molecule has 4 heteroatoms. The second-order valence-corrected chi connectivity index (χ2v) is 4.74. The first-order valence-electron chi connectivity index (χ1n) is 6.55. The van der Waals surface area contributed by atoms with Crippen LogP contribution in [0.2, 0.25) is 0 Å². The van der Waals surface area contributed by atoms with Crippen LogP contribution in [0.3, 0.4) is 0 Å². The second-order valence-electron chi connectivity index (χ2n) is 4.74. The normalized spacial score (nSPS) is 12.3. The molecule has 0 spiro atoms. The minimum Gasteiger partial charge on any atom is -0.494 e. The van der Waals surface area contributed by atoms with E-state index in [-0.39, 0.29) is 5.75 Å². The van der Waals surface area contributed by atoms with Crippen LogP contribution < -0.4 is 4.74 Å². The minimum absolute atomic E-state index is 0.158. The fraction of sp³-hybridized carbons (Fsp3) is 0.118. The summed E-state index contributed by atoms with van der Waals surface area (Å²) in [5.41, 5.74) is 1.18. The number of halogens is 1. The summed E-state index contributed by atoms with van der Waals surface area (Å²) in [6.07, 6.45) is 2.48. The highest BCUT2D eigenvalue weighted by Crippen LogP contribution is 2.30. The zero-order valence-corrected chi connectivity index (χ0v) is 11.5. The first kappa shape index (κ1) is 13.5. The van der Waals surface area contributed by atoms with E-state index in [1.54, 1.807) is 18.5 Å². The predicted molar refractivity (Wildman–Crippen MR) is 78.8 cm³/mol. The molecule has 1 unspecified atom stereocenters. The number of hydrogen-bond donors (Lipinski definition) is 1. The van der Waals surface area contributed by atoms with Gasteiger partial charge in [0.15, 0.2) is 11.6 Å². The van der Waals surface area contributed by atoms with Crippen molar-refractivity contribution >= 4 is 10.8 Å². The van der Waals surface area contributed by atoms with Crippen molar-refractivity contribution in [2.45, 2.75) is 6.10 Å². The van der Waals surface area contributed by atoms with Crippen LogP contribution in [0.4, 0.5) is 4.39 Å². The lowest BCUT2D eigenvalue weighted by Gasteiger charge is -2.15. The molecule has 0 saturated heterocycles. The van der Waals surface area contributed by atoms with E-state index in [1.165, 1.54) is 19.2 Å². The second kappa shape index (κ2) is 5.50. The van der Waals surface area contributed by atoms with Crippen molar-refractivity contribution in [1.29, 1.82) is 0 Å². The quantitative estimate of drug-likeness (QED) is 0.800. The lowest BCUT2D eigenvalue weighted by atomic mass is 9.97. The molecule has 3 aromatic rings. The van der Waals surface area contributed by atoms with Gasteiger partial charge >= 0.3 is 0 Å². The highest BCUT2D eigenvalue weighted by molar-refractivity contribution is 5.85. The Bertz CT molecular complexity index is 783. The number of benzene rings is 2. The minimum atomic E-state index is -0.918. The van der Waals surface area contributed by atoms with Gasteiger partial charge in [0.1, 0.15) is 6.10 Å². The molecule has 1 aromatic heterocycles. The van der Waals surface area contributed by atoms with Gasteiger partial charge in [0.25, 0.3) is 0 Å². The van der Waals surface area contributed by atoms with Gasteiger partial charge in [0.05, 0.1) is 7.11 Å². The fourth-order valence-corrected chi connectivity index (χ4v) is 2.41. The highest BCUT2D eigenvalue weighted by Gasteiger charge is 2.15. The molecule has 2 aromatic carbocycles. The number of nitrogens with zero attached hydrogens (tertiary/aromatic N) is 1. The van der Waals surface area contributed by atoms with Gasteiger partial charge in [0.2, 0.25) is 0 Å². The van der Waals surface area contributed by atoms with E-state index in [2.05, 4.69) is 4.98 Å². The standard InChI is InChI=1S/C17H14FNO2/c1-21-16-6-5-12(9-15(16)18)17(20)13-4-2-3-11-7-8-19-10-14(11)13/h2-10,17,20H,1H3. The molecule has 0 aliphatic rings. The third kappa shape index (κ3) is 2.45. The molecule has 21 heavy (non-hydrogen) atoms. The number of fused-ring (bicyclic) bond motifs is 1. The topological polar surface area (TPSA) is 42.4 Å². The van der Waals surface area contributed by atoms with Crippen molar-refractivity contribution in [3.05, 3.63) is 71.8 Å². The summed E-state index contributed by atoms with van der Waals surface area (Å²) in [7, 11) is 1.41. The molecule has 0 bridgehead atoms. The molecule has 106 valence electrons. The summed E-state index contributed by atoms with van der Waals surface area (Å²) in [5, 5.41) is 12.4. The summed E-state index contributed by atoms with van der Waals surface area (Å²) in [6.45, 7) is 0. The Morgan fingerprint density at radius 1 is 1.19 bits per heavy atom. The maximum Gasteiger partial charge on any atom is 0.165 e. The van der Waals surface area contributed by atoms with Crippen LogP contribution in [0.5, 0.6) is 5.75 Å². The van der Waals surface area contributed by atoms with E-state index in [9.17, 15) is 9.50 Å². The predicted octanol–water partition coefficient (Wildman–Crippen LogP) is 3.46. The number of aliphatic hydroxyl groups is 1. The fourth-order valence-electron chi connectivity index (χ4n) is 2.41.